The topological polar surface area (TPSA) is 37.3 Å². The molecule has 3 heteroatoms. The van der Waals surface area contributed by atoms with E-state index in [9.17, 15) is 4.79 Å². The van der Waals surface area contributed by atoms with Gasteiger partial charge in [-0.1, -0.05) is 40.0 Å². The Hall–Kier alpha value is -0.100. The van der Waals surface area contributed by atoms with Crippen molar-refractivity contribution in [2.24, 2.45) is 0 Å². The molecule has 0 unspecified atom stereocenters. The molecule has 0 saturated heterocycles. The fourth-order valence-corrected chi connectivity index (χ4v) is 1.45. The molecule has 0 fully saturated rings. The number of hydrogen-bond acceptors (Lipinski definition) is 1. The van der Waals surface area contributed by atoms with E-state index in [2.05, 4.69) is 20.8 Å². The van der Waals surface area contributed by atoms with Crippen LogP contribution in [-0.2, 0) is 4.79 Å². The average Bonchev–Trinajstić information content (AvgIpc) is 2.15. The van der Waals surface area contributed by atoms with Crippen molar-refractivity contribution in [1.82, 2.24) is 0 Å². The van der Waals surface area contributed by atoms with Crippen molar-refractivity contribution >= 4 is 14.6 Å². The van der Waals surface area contributed by atoms with Crippen molar-refractivity contribution in [2.75, 3.05) is 12.3 Å². The van der Waals surface area contributed by atoms with E-state index in [1.54, 1.807) is 0 Å². The Labute approximate surface area is 90.3 Å². The fourth-order valence-electron chi connectivity index (χ4n) is 0.953. The molecule has 0 spiro atoms. The molecule has 14 heavy (non-hydrogen) atoms. The van der Waals surface area contributed by atoms with E-state index in [1.807, 2.05) is 0 Å². The first-order valence-corrected chi connectivity index (χ1v) is 7.02. The second-order valence-electron chi connectivity index (χ2n) is 3.16. The van der Waals surface area contributed by atoms with Gasteiger partial charge < -0.3 is 5.11 Å². The highest BCUT2D eigenvalue weighted by Crippen LogP contribution is 2.04. The van der Waals surface area contributed by atoms with Gasteiger partial charge in [0.15, 0.2) is 0 Å². The quantitative estimate of drug-likeness (QED) is 0.524. The Morgan fingerprint density at radius 1 is 1.07 bits per heavy atom. The molecular weight excluding hydrogens is 195 g/mol. The minimum Gasteiger partial charge on any atom is -0.481 e. The summed E-state index contributed by atoms with van der Waals surface area (Å²) in [5, 5.41) is 8.21. The lowest BCUT2D eigenvalue weighted by molar-refractivity contribution is -0.137. The summed E-state index contributed by atoms with van der Waals surface area (Å²) in [5.41, 5.74) is 0. The third-order valence-electron chi connectivity index (χ3n) is 1.74. The molecule has 1 N–H and O–H groups in total. The number of rotatable bonds is 7. The number of carbonyl (C=O) groups is 1. The van der Waals surface area contributed by atoms with Gasteiger partial charge in [-0.05, 0) is 18.7 Å². The molecule has 0 aliphatic carbocycles. The van der Waals surface area contributed by atoms with Gasteiger partial charge in [0.05, 0.1) is 0 Å². The summed E-state index contributed by atoms with van der Waals surface area (Å²) in [5.74, 6) is -0.675. The van der Waals surface area contributed by atoms with Crippen LogP contribution in [0.15, 0.2) is 0 Å². The molecular formula is C11H25O2P. The second-order valence-corrected chi connectivity index (χ2v) is 5.08. The maximum absolute atomic E-state index is 9.96. The lowest BCUT2D eigenvalue weighted by Crippen LogP contribution is -1.92. The zero-order chi connectivity index (χ0) is 11.2. The Morgan fingerprint density at radius 2 is 1.64 bits per heavy atom. The molecule has 0 saturated carbocycles. The molecule has 0 heterocycles. The zero-order valence-corrected chi connectivity index (χ0v) is 10.8. The van der Waals surface area contributed by atoms with Gasteiger partial charge in [-0.3, -0.25) is 4.79 Å². The van der Waals surface area contributed by atoms with Crippen molar-refractivity contribution < 1.29 is 9.90 Å². The van der Waals surface area contributed by atoms with E-state index in [-0.39, 0.29) is 0 Å². The third-order valence-corrected chi connectivity index (χ3v) is 2.74. The molecule has 0 bridgehead atoms. The van der Waals surface area contributed by atoms with Crippen LogP contribution in [-0.4, -0.2) is 23.4 Å². The van der Waals surface area contributed by atoms with Crippen LogP contribution in [0.1, 0.15) is 52.9 Å². The molecule has 0 aromatic heterocycles. The van der Waals surface area contributed by atoms with Crippen molar-refractivity contribution in [1.29, 1.82) is 0 Å². The monoisotopic (exact) mass is 220 g/mol. The van der Waals surface area contributed by atoms with Crippen LogP contribution in [0.4, 0.5) is 0 Å². The van der Waals surface area contributed by atoms with Crippen LogP contribution in [0.2, 0.25) is 0 Å². The minimum absolute atomic E-state index is 0.333. The molecule has 0 aliphatic heterocycles. The van der Waals surface area contributed by atoms with Crippen LogP contribution in [0.25, 0.3) is 0 Å². The van der Waals surface area contributed by atoms with Gasteiger partial charge in [-0.25, -0.2) is 0 Å². The number of unbranched alkanes of at least 4 members (excludes halogenated alkanes) is 3. The second kappa shape index (κ2) is 15.4. The molecule has 0 aromatic rings. The predicted molar refractivity (Wildman–Crippen MR) is 65.8 cm³/mol. The van der Waals surface area contributed by atoms with Gasteiger partial charge in [0.1, 0.15) is 0 Å². The van der Waals surface area contributed by atoms with Gasteiger partial charge in [0.25, 0.3) is 0 Å². The zero-order valence-electron chi connectivity index (χ0n) is 9.81. The SMILES string of the molecule is CCCCCCC(=O)O.CCPCC. The molecule has 0 radical (unpaired) electrons. The summed E-state index contributed by atoms with van der Waals surface area (Å²) >= 11 is 0. The van der Waals surface area contributed by atoms with Crippen molar-refractivity contribution in [3.63, 3.8) is 0 Å². The Balaban J connectivity index is 0. The summed E-state index contributed by atoms with van der Waals surface area (Å²) in [6.45, 7) is 6.56. The minimum atomic E-state index is -0.675. The highest BCUT2D eigenvalue weighted by atomic mass is 31.1. The van der Waals surface area contributed by atoms with E-state index in [1.165, 1.54) is 27.3 Å². The van der Waals surface area contributed by atoms with Crippen LogP contribution in [0, 0.1) is 0 Å². The Kier molecular flexibility index (Phi) is 17.9. The van der Waals surface area contributed by atoms with E-state index in [4.69, 9.17) is 5.11 Å². The predicted octanol–water partition coefficient (Wildman–Crippen LogP) is 3.75. The molecule has 86 valence electrons. The highest BCUT2D eigenvalue weighted by Gasteiger charge is 1.93. The van der Waals surface area contributed by atoms with Crippen molar-refractivity contribution in [3.05, 3.63) is 0 Å². The van der Waals surface area contributed by atoms with Crippen LogP contribution in [0.5, 0.6) is 0 Å². The van der Waals surface area contributed by atoms with Crippen LogP contribution in [0.3, 0.4) is 0 Å². The summed E-state index contributed by atoms with van der Waals surface area (Å²) < 4.78 is 0. The smallest absolute Gasteiger partial charge is 0.303 e. The Bertz CT molecular complexity index is 114. The van der Waals surface area contributed by atoms with Crippen LogP contribution < -0.4 is 0 Å². The van der Waals surface area contributed by atoms with Gasteiger partial charge >= 0.3 is 5.97 Å². The number of carboxylic acid groups (broad SMARTS) is 1. The summed E-state index contributed by atoms with van der Waals surface area (Å²) in [6, 6.07) is 0. The summed E-state index contributed by atoms with van der Waals surface area (Å²) in [4.78, 5) is 9.96. The Morgan fingerprint density at radius 3 is 1.93 bits per heavy atom. The number of hydrogen-bond donors (Lipinski definition) is 1. The van der Waals surface area contributed by atoms with Gasteiger partial charge in [-0.2, -0.15) is 0 Å². The largest absolute Gasteiger partial charge is 0.481 e. The van der Waals surface area contributed by atoms with Gasteiger partial charge in [-0.15, -0.1) is 8.58 Å². The van der Waals surface area contributed by atoms with Crippen molar-refractivity contribution in [3.8, 4) is 0 Å². The third kappa shape index (κ3) is 22.7. The van der Waals surface area contributed by atoms with E-state index in [0.29, 0.717) is 6.42 Å². The molecule has 0 amide bonds. The maximum atomic E-state index is 9.96. The fraction of sp³-hybridized carbons (Fsp3) is 0.909. The average molecular weight is 220 g/mol. The number of aliphatic carboxylic acids is 1. The van der Waals surface area contributed by atoms with E-state index >= 15 is 0 Å². The molecule has 0 atom stereocenters. The highest BCUT2D eigenvalue weighted by molar-refractivity contribution is 7.37. The lowest BCUT2D eigenvalue weighted by atomic mass is 10.2. The summed E-state index contributed by atoms with van der Waals surface area (Å²) in [7, 11) is 1.20. The first kappa shape index (κ1) is 16.3. The van der Waals surface area contributed by atoms with Crippen LogP contribution >= 0.6 is 8.58 Å². The molecule has 0 rings (SSSR count). The van der Waals surface area contributed by atoms with E-state index in [0.717, 1.165) is 19.3 Å². The summed E-state index contributed by atoms with van der Waals surface area (Å²) in [6.07, 6.45) is 7.30. The normalized spacial score (nSPS) is 9.07. The maximum Gasteiger partial charge on any atom is 0.303 e. The van der Waals surface area contributed by atoms with Crippen molar-refractivity contribution in [2.45, 2.75) is 52.9 Å². The first-order chi connectivity index (χ1) is 6.68. The van der Waals surface area contributed by atoms with Gasteiger partial charge in [0, 0.05) is 6.42 Å². The van der Waals surface area contributed by atoms with Gasteiger partial charge in [0.2, 0.25) is 0 Å². The molecule has 2 nitrogen and oxygen atoms in total. The molecule has 0 aliphatic rings. The number of carboxylic acids is 1. The lowest BCUT2D eigenvalue weighted by Gasteiger charge is -1.92. The standard InChI is InChI=1S/C7H14O2.C4H11P/c1-2-3-4-5-6-7(8)9;1-3-5-4-2/h2-6H2,1H3,(H,8,9);5H,3-4H2,1-2H3. The first-order valence-electron chi connectivity index (χ1n) is 5.61. The van der Waals surface area contributed by atoms with E-state index < -0.39 is 5.97 Å². The molecule has 0 aromatic carbocycles.